The van der Waals surface area contributed by atoms with Crippen LogP contribution in [-0.2, 0) is 0 Å². The highest BCUT2D eigenvalue weighted by molar-refractivity contribution is 8.00. The molecule has 1 N–H and O–H groups in total. The molecule has 2 rings (SSSR count). The molecular weight excluding hydrogens is 224 g/mol. The highest BCUT2D eigenvalue weighted by Crippen LogP contribution is 2.27. The van der Waals surface area contributed by atoms with E-state index in [-0.39, 0.29) is 0 Å². The lowest BCUT2D eigenvalue weighted by Gasteiger charge is -2.37. The quantitative estimate of drug-likeness (QED) is 0.812. The Balaban J connectivity index is 1.91. The van der Waals surface area contributed by atoms with E-state index in [9.17, 15) is 0 Å². The first-order valence-corrected chi connectivity index (χ1v) is 8.28. The number of rotatable bonds is 3. The van der Waals surface area contributed by atoms with Gasteiger partial charge in [-0.3, -0.25) is 4.90 Å². The van der Waals surface area contributed by atoms with E-state index in [2.05, 4.69) is 35.2 Å². The van der Waals surface area contributed by atoms with E-state index in [0.29, 0.717) is 0 Å². The smallest absolute Gasteiger partial charge is 0.0352 e. The predicted octanol–water partition coefficient (Wildman–Crippen LogP) is 1.52. The van der Waals surface area contributed by atoms with Crippen molar-refractivity contribution in [1.29, 1.82) is 0 Å². The Morgan fingerprint density at radius 2 is 2.33 bits per heavy atom. The molecule has 3 atom stereocenters. The van der Waals surface area contributed by atoms with Crippen LogP contribution in [0.4, 0.5) is 0 Å². The molecule has 2 heterocycles. The summed E-state index contributed by atoms with van der Waals surface area (Å²) in [5.74, 6) is 1.33. The molecule has 15 heavy (non-hydrogen) atoms. The van der Waals surface area contributed by atoms with Crippen LogP contribution in [0.1, 0.15) is 13.3 Å². The molecule has 0 aromatic heterocycles. The van der Waals surface area contributed by atoms with Crippen LogP contribution in [-0.4, -0.2) is 59.6 Å². The molecule has 88 valence electrons. The van der Waals surface area contributed by atoms with E-state index >= 15 is 0 Å². The summed E-state index contributed by atoms with van der Waals surface area (Å²) < 4.78 is 0. The number of thioether (sulfide) groups is 2. The Bertz CT molecular complexity index is 201. The molecule has 2 nitrogen and oxygen atoms in total. The minimum absolute atomic E-state index is 0.787. The Labute approximate surface area is 102 Å². The van der Waals surface area contributed by atoms with Gasteiger partial charge in [0.1, 0.15) is 0 Å². The first-order chi connectivity index (χ1) is 7.35. The standard InChI is InChI=1S/C11H22N2S2/c1-3-9-8-13(4-5-15-9)10-6-12-7-11(10)14-2/h9-12H,3-8H2,1-2H3. The lowest BCUT2D eigenvalue weighted by atomic mass is 10.2. The van der Waals surface area contributed by atoms with Crippen molar-refractivity contribution < 1.29 is 0 Å². The number of nitrogens with one attached hydrogen (secondary N) is 1. The van der Waals surface area contributed by atoms with Crippen LogP contribution in [0, 0.1) is 0 Å². The maximum Gasteiger partial charge on any atom is 0.0352 e. The van der Waals surface area contributed by atoms with Crippen LogP contribution in [0.5, 0.6) is 0 Å². The van der Waals surface area contributed by atoms with Crippen LogP contribution in [0.2, 0.25) is 0 Å². The van der Waals surface area contributed by atoms with Crippen molar-refractivity contribution in [3.63, 3.8) is 0 Å². The van der Waals surface area contributed by atoms with E-state index in [1.807, 2.05) is 11.8 Å². The van der Waals surface area contributed by atoms with E-state index in [0.717, 1.165) is 16.5 Å². The monoisotopic (exact) mass is 246 g/mol. The lowest BCUT2D eigenvalue weighted by Crippen LogP contribution is -2.48. The first kappa shape index (κ1) is 12.1. The zero-order valence-electron chi connectivity index (χ0n) is 9.74. The zero-order valence-corrected chi connectivity index (χ0v) is 11.4. The normalized spacial score (nSPS) is 38.4. The summed E-state index contributed by atoms with van der Waals surface area (Å²) >= 11 is 4.20. The second-order valence-electron chi connectivity index (χ2n) is 4.40. The van der Waals surface area contributed by atoms with Crippen molar-refractivity contribution in [3.05, 3.63) is 0 Å². The third-order valence-electron chi connectivity index (χ3n) is 3.53. The van der Waals surface area contributed by atoms with Gasteiger partial charge in [0.2, 0.25) is 0 Å². The average molecular weight is 246 g/mol. The third-order valence-corrected chi connectivity index (χ3v) is 5.98. The van der Waals surface area contributed by atoms with Gasteiger partial charge in [0, 0.05) is 48.5 Å². The molecule has 0 radical (unpaired) electrons. The summed E-state index contributed by atoms with van der Waals surface area (Å²) in [5.41, 5.74) is 0. The van der Waals surface area contributed by atoms with E-state index in [1.165, 1.54) is 38.4 Å². The number of nitrogens with zero attached hydrogens (tertiary/aromatic N) is 1. The van der Waals surface area contributed by atoms with Crippen molar-refractivity contribution in [2.45, 2.75) is 29.9 Å². The Kier molecular flexibility index (Phi) is 4.68. The number of hydrogen-bond acceptors (Lipinski definition) is 4. The fourth-order valence-electron chi connectivity index (χ4n) is 2.54. The average Bonchev–Trinajstić information content (AvgIpc) is 2.77. The van der Waals surface area contributed by atoms with Gasteiger partial charge < -0.3 is 5.32 Å². The minimum Gasteiger partial charge on any atom is -0.314 e. The van der Waals surface area contributed by atoms with Crippen molar-refractivity contribution in [3.8, 4) is 0 Å². The third kappa shape index (κ3) is 2.84. The molecular formula is C11H22N2S2. The molecule has 2 fully saturated rings. The van der Waals surface area contributed by atoms with Gasteiger partial charge in [-0.05, 0) is 12.7 Å². The second-order valence-corrected chi connectivity index (χ2v) is 6.88. The van der Waals surface area contributed by atoms with E-state index in [4.69, 9.17) is 0 Å². The Morgan fingerprint density at radius 3 is 3.07 bits per heavy atom. The summed E-state index contributed by atoms with van der Waals surface area (Å²) in [7, 11) is 0. The maximum absolute atomic E-state index is 3.53. The molecule has 3 unspecified atom stereocenters. The molecule has 2 aliphatic heterocycles. The van der Waals surface area contributed by atoms with Crippen molar-refractivity contribution in [2.24, 2.45) is 0 Å². The highest BCUT2D eigenvalue weighted by Gasteiger charge is 2.33. The fraction of sp³-hybridized carbons (Fsp3) is 1.00. The van der Waals surface area contributed by atoms with Gasteiger partial charge in [0.15, 0.2) is 0 Å². The topological polar surface area (TPSA) is 15.3 Å². The van der Waals surface area contributed by atoms with Gasteiger partial charge in [0.05, 0.1) is 0 Å². The molecule has 0 amide bonds. The van der Waals surface area contributed by atoms with Crippen LogP contribution in [0.15, 0.2) is 0 Å². The molecule has 2 saturated heterocycles. The van der Waals surface area contributed by atoms with E-state index in [1.54, 1.807) is 0 Å². The van der Waals surface area contributed by atoms with Crippen molar-refractivity contribution in [1.82, 2.24) is 10.2 Å². The molecule has 0 saturated carbocycles. The Hall–Kier alpha value is 0.620. The summed E-state index contributed by atoms with van der Waals surface area (Å²) in [5, 5.41) is 5.22. The summed E-state index contributed by atoms with van der Waals surface area (Å²) in [6.07, 6.45) is 3.58. The van der Waals surface area contributed by atoms with Crippen molar-refractivity contribution in [2.75, 3.05) is 38.2 Å². The van der Waals surface area contributed by atoms with Gasteiger partial charge in [0.25, 0.3) is 0 Å². The van der Waals surface area contributed by atoms with Crippen LogP contribution in [0.25, 0.3) is 0 Å². The van der Waals surface area contributed by atoms with Crippen LogP contribution < -0.4 is 5.32 Å². The van der Waals surface area contributed by atoms with Crippen LogP contribution in [0.3, 0.4) is 0 Å². The Morgan fingerprint density at radius 1 is 1.47 bits per heavy atom. The summed E-state index contributed by atoms with van der Waals surface area (Å²) in [4.78, 5) is 2.73. The predicted molar refractivity (Wildman–Crippen MR) is 72.1 cm³/mol. The number of hydrogen-bond donors (Lipinski definition) is 1. The minimum atomic E-state index is 0.787. The van der Waals surface area contributed by atoms with Gasteiger partial charge in [-0.1, -0.05) is 6.92 Å². The lowest BCUT2D eigenvalue weighted by molar-refractivity contribution is 0.218. The molecule has 4 heteroatoms. The molecule has 2 aliphatic rings. The van der Waals surface area contributed by atoms with Gasteiger partial charge in [-0.25, -0.2) is 0 Å². The SMILES string of the molecule is CCC1CN(C2CNCC2SC)CCS1. The first-order valence-electron chi connectivity index (χ1n) is 5.94. The molecule has 0 bridgehead atoms. The highest BCUT2D eigenvalue weighted by atomic mass is 32.2. The molecule has 0 aliphatic carbocycles. The zero-order chi connectivity index (χ0) is 10.7. The largest absolute Gasteiger partial charge is 0.314 e. The van der Waals surface area contributed by atoms with Gasteiger partial charge >= 0.3 is 0 Å². The molecule has 0 spiro atoms. The molecule has 0 aromatic carbocycles. The van der Waals surface area contributed by atoms with Crippen LogP contribution >= 0.6 is 23.5 Å². The van der Waals surface area contributed by atoms with Crippen molar-refractivity contribution >= 4 is 23.5 Å². The van der Waals surface area contributed by atoms with Gasteiger partial charge in [-0.15, -0.1) is 0 Å². The van der Waals surface area contributed by atoms with E-state index < -0.39 is 0 Å². The maximum atomic E-state index is 3.53. The second kappa shape index (κ2) is 5.80. The van der Waals surface area contributed by atoms with Gasteiger partial charge in [-0.2, -0.15) is 23.5 Å². The fourth-order valence-corrected chi connectivity index (χ4v) is 4.61. The molecule has 0 aromatic rings. The summed E-state index contributed by atoms with van der Waals surface area (Å²) in [6, 6.07) is 0.787. The summed E-state index contributed by atoms with van der Waals surface area (Å²) in [6.45, 7) is 7.33.